The van der Waals surface area contributed by atoms with E-state index in [4.69, 9.17) is 21.3 Å². The number of aryl methyl sites for hydroxylation is 1. The largest absolute Gasteiger partial charge is 0.372 e. The SMILES string of the molecule is C[C@@H]1CN(c2nc3c(c(=O)n(C)c(=O)n3C)n2Cc2cccc(Cl)c2)C[C@H](C)O1. The maximum absolute atomic E-state index is 13.0. The summed E-state index contributed by atoms with van der Waals surface area (Å²) in [5.41, 5.74) is 0.963. The lowest BCUT2D eigenvalue weighted by Gasteiger charge is -2.36. The molecule has 9 heteroatoms. The van der Waals surface area contributed by atoms with Gasteiger partial charge < -0.3 is 9.64 Å². The number of halogens is 1. The van der Waals surface area contributed by atoms with Gasteiger partial charge in [0.05, 0.1) is 18.8 Å². The fraction of sp³-hybridized carbons (Fsp3) is 0.450. The molecule has 29 heavy (non-hydrogen) atoms. The second-order valence-electron chi connectivity index (χ2n) is 7.67. The lowest BCUT2D eigenvalue weighted by molar-refractivity contribution is -0.00585. The fourth-order valence-corrected chi connectivity index (χ4v) is 4.20. The molecule has 0 radical (unpaired) electrons. The molecule has 0 spiro atoms. The van der Waals surface area contributed by atoms with E-state index in [0.717, 1.165) is 10.1 Å². The first-order chi connectivity index (χ1) is 13.8. The van der Waals surface area contributed by atoms with Crippen LogP contribution in [-0.2, 0) is 25.4 Å². The molecule has 4 rings (SSSR count). The summed E-state index contributed by atoms with van der Waals surface area (Å²) in [7, 11) is 3.12. The van der Waals surface area contributed by atoms with Crippen molar-refractivity contribution in [3.8, 4) is 0 Å². The molecule has 8 nitrogen and oxygen atoms in total. The highest BCUT2D eigenvalue weighted by molar-refractivity contribution is 6.30. The average molecular weight is 418 g/mol. The molecule has 0 bridgehead atoms. The number of rotatable bonds is 3. The zero-order valence-corrected chi connectivity index (χ0v) is 17.7. The molecular weight excluding hydrogens is 394 g/mol. The molecular formula is C20H24ClN5O3. The minimum atomic E-state index is -0.398. The van der Waals surface area contributed by atoms with Gasteiger partial charge in [0.2, 0.25) is 5.95 Å². The van der Waals surface area contributed by atoms with E-state index >= 15 is 0 Å². The molecule has 2 aromatic heterocycles. The Hall–Kier alpha value is -2.58. The van der Waals surface area contributed by atoms with Crippen molar-refractivity contribution in [2.45, 2.75) is 32.6 Å². The van der Waals surface area contributed by atoms with Crippen LogP contribution in [0.5, 0.6) is 0 Å². The Labute approximate surface area is 172 Å². The number of morpholine rings is 1. The van der Waals surface area contributed by atoms with Gasteiger partial charge in [-0.25, -0.2) is 4.79 Å². The predicted octanol–water partition coefficient (Wildman–Crippen LogP) is 1.75. The van der Waals surface area contributed by atoms with E-state index in [-0.39, 0.29) is 17.8 Å². The highest BCUT2D eigenvalue weighted by atomic mass is 35.5. The molecule has 1 aromatic carbocycles. The van der Waals surface area contributed by atoms with Crippen molar-refractivity contribution in [3.63, 3.8) is 0 Å². The van der Waals surface area contributed by atoms with Crippen LogP contribution in [0.2, 0.25) is 5.02 Å². The van der Waals surface area contributed by atoms with Crippen LogP contribution in [0.15, 0.2) is 33.9 Å². The first kappa shape index (κ1) is 19.7. The minimum Gasteiger partial charge on any atom is -0.372 e. The quantitative estimate of drug-likeness (QED) is 0.649. The molecule has 2 atom stereocenters. The second-order valence-corrected chi connectivity index (χ2v) is 8.10. The summed E-state index contributed by atoms with van der Waals surface area (Å²) >= 11 is 6.17. The third-order valence-electron chi connectivity index (χ3n) is 5.26. The molecule has 154 valence electrons. The number of ether oxygens (including phenoxy) is 1. The van der Waals surface area contributed by atoms with Crippen LogP contribution < -0.4 is 16.1 Å². The van der Waals surface area contributed by atoms with Crippen molar-refractivity contribution < 1.29 is 4.74 Å². The van der Waals surface area contributed by atoms with Crippen LogP contribution in [0.1, 0.15) is 19.4 Å². The number of aromatic nitrogens is 4. The van der Waals surface area contributed by atoms with Crippen molar-refractivity contribution in [2.75, 3.05) is 18.0 Å². The van der Waals surface area contributed by atoms with Gasteiger partial charge in [-0.1, -0.05) is 23.7 Å². The average Bonchev–Trinajstić information content (AvgIpc) is 3.03. The summed E-state index contributed by atoms with van der Waals surface area (Å²) in [6.45, 7) is 5.75. The van der Waals surface area contributed by atoms with Gasteiger partial charge in [-0.05, 0) is 31.5 Å². The maximum atomic E-state index is 13.0. The molecule has 1 aliphatic rings. The minimum absolute atomic E-state index is 0.0323. The summed E-state index contributed by atoms with van der Waals surface area (Å²) in [6.07, 6.45) is 0.0645. The third kappa shape index (κ3) is 3.47. The van der Waals surface area contributed by atoms with E-state index in [1.54, 1.807) is 7.05 Å². The van der Waals surface area contributed by atoms with Gasteiger partial charge in [-0.2, -0.15) is 4.98 Å². The molecule has 1 fully saturated rings. The molecule has 0 amide bonds. The van der Waals surface area contributed by atoms with Crippen LogP contribution in [-0.4, -0.2) is 44.0 Å². The Morgan fingerprint density at radius 1 is 1.14 bits per heavy atom. The monoisotopic (exact) mass is 417 g/mol. The second kappa shape index (κ2) is 7.35. The standard InChI is InChI=1S/C20H24ClN5O3/c1-12-9-25(10-13(2)29-12)19-22-17-16(18(27)24(4)20(28)23(17)3)26(19)11-14-6-5-7-15(21)8-14/h5-8,12-13H,9-11H2,1-4H3/t12-,13+. The molecule has 0 unspecified atom stereocenters. The Morgan fingerprint density at radius 3 is 2.48 bits per heavy atom. The van der Waals surface area contributed by atoms with Crippen LogP contribution >= 0.6 is 11.6 Å². The Kier molecular flexibility index (Phi) is 5.00. The molecule has 3 aromatic rings. The number of benzene rings is 1. The van der Waals surface area contributed by atoms with Crippen LogP contribution in [0.4, 0.5) is 5.95 Å². The molecule has 0 saturated carbocycles. The first-order valence-electron chi connectivity index (χ1n) is 9.57. The molecule has 0 N–H and O–H groups in total. The number of hydrogen-bond acceptors (Lipinski definition) is 5. The van der Waals surface area contributed by atoms with E-state index in [2.05, 4.69) is 4.90 Å². The van der Waals surface area contributed by atoms with Gasteiger partial charge in [0.1, 0.15) is 0 Å². The van der Waals surface area contributed by atoms with Crippen LogP contribution in [0.25, 0.3) is 11.2 Å². The van der Waals surface area contributed by atoms with Crippen LogP contribution in [0.3, 0.4) is 0 Å². The van der Waals surface area contributed by atoms with Crippen molar-refractivity contribution in [3.05, 3.63) is 55.7 Å². The zero-order chi connectivity index (χ0) is 20.9. The van der Waals surface area contributed by atoms with Gasteiger partial charge in [0.15, 0.2) is 11.2 Å². The Morgan fingerprint density at radius 2 is 1.83 bits per heavy atom. The highest BCUT2D eigenvalue weighted by Crippen LogP contribution is 2.25. The molecule has 1 saturated heterocycles. The van der Waals surface area contributed by atoms with Gasteiger partial charge in [-0.15, -0.1) is 0 Å². The summed E-state index contributed by atoms with van der Waals surface area (Å²) in [5, 5.41) is 0.627. The number of hydrogen-bond donors (Lipinski definition) is 0. The summed E-state index contributed by atoms with van der Waals surface area (Å²) in [6, 6.07) is 7.52. The van der Waals surface area contributed by atoms with E-state index in [1.165, 1.54) is 11.6 Å². The lowest BCUT2D eigenvalue weighted by atomic mass is 10.2. The van der Waals surface area contributed by atoms with Crippen molar-refractivity contribution >= 4 is 28.7 Å². The van der Waals surface area contributed by atoms with Crippen molar-refractivity contribution in [1.29, 1.82) is 0 Å². The van der Waals surface area contributed by atoms with E-state index in [1.807, 2.05) is 42.7 Å². The predicted molar refractivity (Wildman–Crippen MR) is 113 cm³/mol. The fourth-order valence-electron chi connectivity index (χ4n) is 3.99. The number of anilines is 1. The van der Waals surface area contributed by atoms with E-state index in [0.29, 0.717) is 41.8 Å². The van der Waals surface area contributed by atoms with Crippen molar-refractivity contribution in [2.24, 2.45) is 14.1 Å². The summed E-state index contributed by atoms with van der Waals surface area (Å²) < 4.78 is 10.3. The number of nitrogens with zero attached hydrogens (tertiary/aromatic N) is 5. The number of fused-ring (bicyclic) bond motifs is 1. The van der Waals surface area contributed by atoms with Gasteiger partial charge in [0, 0.05) is 32.2 Å². The highest BCUT2D eigenvalue weighted by Gasteiger charge is 2.28. The van der Waals surface area contributed by atoms with Crippen LogP contribution in [0, 0.1) is 0 Å². The van der Waals surface area contributed by atoms with E-state index in [9.17, 15) is 9.59 Å². The molecule has 0 aliphatic carbocycles. The van der Waals surface area contributed by atoms with E-state index < -0.39 is 5.69 Å². The first-order valence-corrected chi connectivity index (χ1v) is 9.95. The third-order valence-corrected chi connectivity index (χ3v) is 5.50. The summed E-state index contributed by atoms with van der Waals surface area (Å²) in [5.74, 6) is 0.653. The zero-order valence-electron chi connectivity index (χ0n) is 16.9. The Balaban J connectivity index is 1.96. The summed E-state index contributed by atoms with van der Waals surface area (Å²) in [4.78, 5) is 32.3. The van der Waals surface area contributed by atoms with Gasteiger partial charge >= 0.3 is 5.69 Å². The molecule has 3 heterocycles. The van der Waals surface area contributed by atoms with Gasteiger partial charge in [0.25, 0.3) is 5.56 Å². The van der Waals surface area contributed by atoms with Gasteiger partial charge in [-0.3, -0.25) is 18.5 Å². The smallest absolute Gasteiger partial charge is 0.332 e. The topological polar surface area (TPSA) is 74.3 Å². The normalized spacial score (nSPS) is 19.8. The maximum Gasteiger partial charge on any atom is 0.332 e. The molecule has 1 aliphatic heterocycles. The number of imidazole rings is 1. The Bertz CT molecular complexity index is 1190. The lowest BCUT2D eigenvalue weighted by Crippen LogP contribution is -2.46. The van der Waals surface area contributed by atoms with Crippen molar-refractivity contribution in [1.82, 2.24) is 18.7 Å².